The van der Waals surface area contributed by atoms with E-state index in [1.165, 1.54) is 16.4 Å². The second-order valence-corrected chi connectivity index (χ2v) is 8.88. The summed E-state index contributed by atoms with van der Waals surface area (Å²) in [6.45, 7) is 7.77. The van der Waals surface area contributed by atoms with E-state index in [2.05, 4.69) is 5.32 Å². The molecule has 3 rings (SSSR count). The Morgan fingerprint density at radius 3 is 2.40 bits per heavy atom. The van der Waals surface area contributed by atoms with Crippen LogP contribution in [0.3, 0.4) is 0 Å². The van der Waals surface area contributed by atoms with E-state index in [9.17, 15) is 18.0 Å². The maximum atomic E-state index is 12.9. The van der Waals surface area contributed by atoms with Crippen LogP contribution in [0.2, 0.25) is 0 Å². The molecule has 1 N–H and O–H groups in total. The highest BCUT2D eigenvalue weighted by molar-refractivity contribution is 7.89. The van der Waals surface area contributed by atoms with Crippen molar-refractivity contribution >= 4 is 32.6 Å². The van der Waals surface area contributed by atoms with Crippen molar-refractivity contribution in [2.75, 3.05) is 18.4 Å². The monoisotopic (exact) mass is 428 g/mol. The summed E-state index contributed by atoms with van der Waals surface area (Å²) in [6, 6.07) is 11.4. The van der Waals surface area contributed by atoms with Gasteiger partial charge in [0.1, 0.15) is 11.1 Å². The van der Waals surface area contributed by atoms with Crippen LogP contribution in [0.1, 0.15) is 35.3 Å². The van der Waals surface area contributed by atoms with E-state index in [0.29, 0.717) is 40.9 Å². The van der Waals surface area contributed by atoms with Gasteiger partial charge in [0.25, 0.3) is 5.91 Å². The third-order valence-corrected chi connectivity index (χ3v) is 7.15. The maximum Gasteiger partial charge on any atom is 0.349 e. The first-order chi connectivity index (χ1) is 14.2. The molecule has 0 atom stereocenters. The van der Waals surface area contributed by atoms with Gasteiger partial charge < -0.3 is 9.73 Å². The number of nitrogens with zero attached hydrogens (tertiary/aromatic N) is 1. The predicted octanol–water partition coefficient (Wildman–Crippen LogP) is 3.69. The fourth-order valence-corrected chi connectivity index (χ4v) is 4.80. The second kappa shape index (κ2) is 8.41. The van der Waals surface area contributed by atoms with E-state index in [1.807, 2.05) is 0 Å². The Kier molecular flexibility index (Phi) is 6.09. The average Bonchev–Trinajstić information content (AvgIpc) is 2.71. The Bertz CT molecular complexity index is 1270. The van der Waals surface area contributed by atoms with Crippen LogP contribution in [0.25, 0.3) is 11.0 Å². The Labute approximate surface area is 175 Å². The molecule has 0 saturated carbocycles. The molecular weight excluding hydrogens is 404 g/mol. The number of para-hydroxylation sites is 1. The van der Waals surface area contributed by atoms with Gasteiger partial charge in [-0.2, -0.15) is 4.31 Å². The molecule has 0 aliphatic carbocycles. The van der Waals surface area contributed by atoms with Crippen LogP contribution in [0, 0.1) is 13.8 Å². The van der Waals surface area contributed by atoms with Crippen molar-refractivity contribution in [3.63, 3.8) is 0 Å². The Hall–Kier alpha value is -2.97. The molecule has 1 amide bonds. The number of anilines is 1. The summed E-state index contributed by atoms with van der Waals surface area (Å²) in [5.41, 5.74) is 1.24. The van der Waals surface area contributed by atoms with Crippen molar-refractivity contribution in [3.8, 4) is 0 Å². The number of amides is 1. The predicted molar refractivity (Wildman–Crippen MR) is 116 cm³/mol. The number of carbonyl (C=O) groups is 1. The lowest BCUT2D eigenvalue weighted by Crippen LogP contribution is -2.31. The minimum atomic E-state index is -3.70. The second-order valence-electron chi connectivity index (χ2n) is 6.94. The van der Waals surface area contributed by atoms with Gasteiger partial charge in [0, 0.05) is 24.2 Å². The number of hydrogen-bond donors (Lipinski definition) is 1. The summed E-state index contributed by atoms with van der Waals surface area (Å²) in [7, 11) is -3.70. The van der Waals surface area contributed by atoms with Crippen LogP contribution in [0.4, 0.5) is 5.69 Å². The third-order valence-electron chi connectivity index (χ3n) is 5.12. The molecule has 1 aromatic heterocycles. The number of hydrogen-bond acceptors (Lipinski definition) is 5. The maximum absolute atomic E-state index is 12.9. The fourth-order valence-electron chi connectivity index (χ4n) is 3.23. The number of fused-ring (bicyclic) bond motifs is 1. The molecule has 2 aromatic carbocycles. The van der Waals surface area contributed by atoms with Gasteiger partial charge >= 0.3 is 5.63 Å². The minimum Gasteiger partial charge on any atom is -0.422 e. The zero-order valence-electron chi connectivity index (χ0n) is 17.4. The number of rotatable bonds is 6. The number of aryl methyl sites for hydroxylation is 1. The van der Waals surface area contributed by atoms with Crippen LogP contribution in [-0.2, 0) is 10.0 Å². The van der Waals surface area contributed by atoms with Crippen LogP contribution in [-0.4, -0.2) is 31.7 Å². The average molecular weight is 429 g/mol. The van der Waals surface area contributed by atoms with Crippen molar-refractivity contribution < 1.29 is 17.6 Å². The number of carbonyl (C=O) groups excluding carboxylic acids is 1. The van der Waals surface area contributed by atoms with Crippen LogP contribution < -0.4 is 10.9 Å². The molecule has 0 unspecified atom stereocenters. The molecular formula is C22H24N2O5S. The zero-order valence-corrected chi connectivity index (χ0v) is 18.2. The van der Waals surface area contributed by atoms with Crippen molar-refractivity contribution in [1.29, 1.82) is 0 Å². The van der Waals surface area contributed by atoms with E-state index >= 15 is 0 Å². The molecule has 0 spiro atoms. The smallest absolute Gasteiger partial charge is 0.349 e. The van der Waals surface area contributed by atoms with E-state index < -0.39 is 21.6 Å². The SMILES string of the molecule is CCN(CC)S(=O)(=O)c1cc(C)c(C)c(NC(=O)c2cc3ccccc3oc2=O)c1. The molecule has 0 bridgehead atoms. The van der Waals surface area contributed by atoms with Crippen molar-refractivity contribution in [3.05, 3.63) is 69.6 Å². The first-order valence-corrected chi connectivity index (χ1v) is 11.1. The molecule has 3 aromatic rings. The normalized spacial score (nSPS) is 11.8. The Balaban J connectivity index is 2.03. The molecule has 0 aliphatic rings. The number of benzene rings is 2. The molecule has 0 aliphatic heterocycles. The van der Waals surface area contributed by atoms with Gasteiger partial charge in [-0.05, 0) is 49.2 Å². The molecule has 30 heavy (non-hydrogen) atoms. The van der Waals surface area contributed by atoms with E-state index in [-0.39, 0.29) is 10.5 Å². The summed E-state index contributed by atoms with van der Waals surface area (Å²) >= 11 is 0. The van der Waals surface area contributed by atoms with E-state index in [1.54, 1.807) is 58.0 Å². The lowest BCUT2D eigenvalue weighted by atomic mass is 10.1. The van der Waals surface area contributed by atoms with E-state index in [4.69, 9.17) is 4.42 Å². The topological polar surface area (TPSA) is 96.7 Å². The van der Waals surface area contributed by atoms with Crippen LogP contribution >= 0.6 is 0 Å². The largest absolute Gasteiger partial charge is 0.422 e. The highest BCUT2D eigenvalue weighted by atomic mass is 32.2. The highest BCUT2D eigenvalue weighted by Crippen LogP contribution is 2.27. The highest BCUT2D eigenvalue weighted by Gasteiger charge is 2.24. The summed E-state index contributed by atoms with van der Waals surface area (Å²) in [5.74, 6) is -0.658. The number of sulfonamides is 1. The minimum absolute atomic E-state index is 0.0927. The molecule has 8 heteroatoms. The molecule has 0 saturated heterocycles. The van der Waals surface area contributed by atoms with Gasteiger partial charge in [-0.15, -0.1) is 0 Å². The third kappa shape index (κ3) is 4.01. The summed E-state index contributed by atoms with van der Waals surface area (Å²) in [5, 5.41) is 3.30. The molecule has 7 nitrogen and oxygen atoms in total. The lowest BCUT2D eigenvalue weighted by molar-refractivity contribution is 0.102. The fraction of sp³-hybridized carbons (Fsp3) is 0.273. The van der Waals surface area contributed by atoms with Gasteiger partial charge in [-0.3, -0.25) is 4.79 Å². The first kappa shape index (κ1) is 21.7. The molecule has 158 valence electrons. The van der Waals surface area contributed by atoms with Gasteiger partial charge in [-0.25, -0.2) is 13.2 Å². The number of nitrogens with one attached hydrogen (secondary N) is 1. The van der Waals surface area contributed by atoms with Crippen molar-refractivity contribution in [2.45, 2.75) is 32.6 Å². The molecule has 1 heterocycles. The zero-order chi connectivity index (χ0) is 22.1. The Morgan fingerprint density at radius 2 is 1.73 bits per heavy atom. The summed E-state index contributed by atoms with van der Waals surface area (Å²) in [6.07, 6.45) is 0. The molecule has 0 fully saturated rings. The van der Waals surface area contributed by atoms with Crippen LogP contribution in [0.5, 0.6) is 0 Å². The van der Waals surface area contributed by atoms with Gasteiger partial charge in [-0.1, -0.05) is 32.0 Å². The van der Waals surface area contributed by atoms with Gasteiger partial charge in [0.2, 0.25) is 10.0 Å². The van der Waals surface area contributed by atoms with Crippen LogP contribution in [0.15, 0.2) is 56.6 Å². The molecule has 0 radical (unpaired) electrons. The lowest BCUT2D eigenvalue weighted by Gasteiger charge is -2.20. The quantitative estimate of drug-likeness (QED) is 0.604. The standard InChI is InChI=1S/C22H24N2O5S/c1-5-24(6-2)30(27,28)17-11-14(3)15(4)19(13-17)23-21(25)18-12-16-9-7-8-10-20(16)29-22(18)26/h7-13H,5-6H2,1-4H3,(H,23,25). The summed E-state index contributed by atoms with van der Waals surface area (Å²) in [4.78, 5) is 25.2. The Morgan fingerprint density at radius 1 is 1.07 bits per heavy atom. The van der Waals surface area contributed by atoms with E-state index in [0.717, 1.165) is 0 Å². The van der Waals surface area contributed by atoms with Gasteiger partial charge in [0.05, 0.1) is 4.90 Å². The van der Waals surface area contributed by atoms with Gasteiger partial charge in [0.15, 0.2) is 0 Å². The summed E-state index contributed by atoms with van der Waals surface area (Å²) < 4.78 is 32.4. The first-order valence-electron chi connectivity index (χ1n) is 9.64. The van der Waals surface area contributed by atoms with Crippen molar-refractivity contribution in [1.82, 2.24) is 4.31 Å². The van der Waals surface area contributed by atoms with Crippen molar-refractivity contribution in [2.24, 2.45) is 0 Å².